The number of pyridine rings is 1. The third-order valence-corrected chi connectivity index (χ3v) is 3.38. The number of rotatable bonds is 3. The number of anilines is 1. The molecular weight excluding hydrogens is 266 g/mol. The molecule has 0 atom stereocenters. The minimum Gasteiger partial charge on any atom is -0.465 e. The van der Waals surface area contributed by atoms with Crippen LogP contribution in [-0.4, -0.2) is 22.6 Å². The van der Waals surface area contributed by atoms with E-state index in [1.54, 1.807) is 6.07 Å². The van der Waals surface area contributed by atoms with Gasteiger partial charge in [0.2, 0.25) is 0 Å². The first-order valence-electron chi connectivity index (χ1n) is 6.55. The van der Waals surface area contributed by atoms with E-state index < -0.39 is 0 Å². The Balaban J connectivity index is 1.88. The van der Waals surface area contributed by atoms with Gasteiger partial charge in [-0.15, -0.1) is 0 Å². The molecule has 0 aliphatic rings. The van der Waals surface area contributed by atoms with Crippen molar-refractivity contribution in [2.24, 2.45) is 0 Å². The van der Waals surface area contributed by atoms with E-state index in [1.165, 1.54) is 13.3 Å². The maximum atomic E-state index is 11.4. The zero-order chi connectivity index (χ0) is 14.8. The summed E-state index contributed by atoms with van der Waals surface area (Å²) in [5, 5.41) is 1.13. The van der Waals surface area contributed by atoms with Gasteiger partial charge in [-0.05, 0) is 35.7 Å². The van der Waals surface area contributed by atoms with E-state index in [0.717, 1.165) is 22.3 Å². The van der Waals surface area contributed by atoms with Crippen LogP contribution in [0.1, 0.15) is 16.1 Å². The number of hydrogen-bond donors (Lipinski definition) is 1. The third-order valence-electron chi connectivity index (χ3n) is 3.38. The van der Waals surface area contributed by atoms with Crippen molar-refractivity contribution in [3.63, 3.8) is 0 Å². The number of fused-ring (bicyclic) bond motifs is 1. The normalized spacial score (nSPS) is 10.7. The molecule has 0 saturated heterocycles. The number of esters is 1. The Labute approximate surface area is 122 Å². The lowest BCUT2D eigenvalue weighted by Gasteiger charge is -2.06. The van der Waals surface area contributed by atoms with E-state index in [9.17, 15) is 4.79 Å². The molecule has 2 N–H and O–H groups in total. The number of nitrogen functional groups attached to an aromatic ring is 1. The van der Waals surface area contributed by atoms with Crippen LogP contribution in [-0.2, 0) is 11.3 Å². The Morgan fingerprint density at radius 3 is 2.86 bits per heavy atom. The van der Waals surface area contributed by atoms with Crippen LogP contribution in [0.5, 0.6) is 0 Å². The predicted octanol–water partition coefficient (Wildman–Crippen LogP) is 2.45. The molecule has 0 amide bonds. The summed E-state index contributed by atoms with van der Waals surface area (Å²) in [6.07, 6.45) is 3.53. The zero-order valence-corrected chi connectivity index (χ0v) is 11.6. The van der Waals surface area contributed by atoms with Gasteiger partial charge < -0.3 is 15.0 Å². The van der Waals surface area contributed by atoms with Gasteiger partial charge in [-0.3, -0.25) is 4.98 Å². The fourth-order valence-electron chi connectivity index (χ4n) is 2.27. The first kappa shape index (κ1) is 13.2. The van der Waals surface area contributed by atoms with Gasteiger partial charge in [0.25, 0.3) is 0 Å². The average Bonchev–Trinajstić information content (AvgIpc) is 2.89. The van der Waals surface area contributed by atoms with E-state index >= 15 is 0 Å². The molecule has 3 aromatic rings. The number of carbonyl (C=O) groups excluding carboxylic acids is 1. The molecule has 2 heterocycles. The molecule has 0 aliphatic heterocycles. The van der Waals surface area contributed by atoms with Crippen LogP contribution in [0.15, 0.2) is 48.8 Å². The second-order valence-corrected chi connectivity index (χ2v) is 4.79. The summed E-state index contributed by atoms with van der Waals surface area (Å²) < 4.78 is 6.73. The number of carbonyl (C=O) groups is 1. The molecule has 0 aliphatic carbocycles. The number of benzene rings is 1. The SMILES string of the molecule is COC(=O)c1ccc(Cn2ccc3ccc(N)cc32)nc1. The monoisotopic (exact) mass is 281 g/mol. The fourth-order valence-corrected chi connectivity index (χ4v) is 2.27. The minimum atomic E-state index is -0.381. The largest absolute Gasteiger partial charge is 0.465 e. The highest BCUT2D eigenvalue weighted by atomic mass is 16.5. The van der Waals surface area contributed by atoms with Crippen molar-refractivity contribution >= 4 is 22.6 Å². The van der Waals surface area contributed by atoms with E-state index in [-0.39, 0.29) is 5.97 Å². The van der Waals surface area contributed by atoms with Crippen molar-refractivity contribution in [1.29, 1.82) is 0 Å². The van der Waals surface area contributed by atoms with Gasteiger partial charge in [0.05, 0.1) is 30.4 Å². The van der Waals surface area contributed by atoms with Crippen LogP contribution in [0.25, 0.3) is 10.9 Å². The maximum Gasteiger partial charge on any atom is 0.339 e. The smallest absolute Gasteiger partial charge is 0.339 e. The number of methoxy groups -OCH3 is 1. The van der Waals surface area contributed by atoms with Crippen molar-refractivity contribution in [2.75, 3.05) is 12.8 Å². The third kappa shape index (κ3) is 2.58. The lowest BCUT2D eigenvalue weighted by atomic mass is 10.2. The summed E-state index contributed by atoms with van der Waals surface area (Å²) in [5.41, 5.74) is 8.94. The summed E-state index contributed by atoms with van der Waals surface area (Å²) in [7, 11) is 1.35. The molecule has 0 saturated carbocycles. The molecule has 0 spiro atoms. The molecule has 5 heteroatoms. The molecule has 0 radical (unpaired) electrons. The number of ether oxygens (including phenoxy) is 1. The average molecular weight is 281 g/mol. The lowest BCUT2D eigenvalue weighted by Crippen LogP contribution is -2.04. The molecule has 2 aromatic heterocycles. The van der Waals surface area contributed by atoms with Crippen molar-refractivity contribution in [1.82, 2.24) is 9.55 Å². The summed E-state index contributed by atoms with van der Waals surface area (Å²) >= 11 is 0. The van der Waals surface area contributed by atoms with E-state index in [1.807, 2.05) is 36.5 Å². The van der Waals surface area contributed by atoms with Crippen LogP contribution in [0.3, 0.4) is 0 Å². The topological polar surface area (TPSA) is 70.1 Å². The van der Waals surface area contributed by atoms with E-state index in [2.05, 4.69) is 14.3 Å². The van der Waals surface area contributed by atoms with Crippen molar-refractivity contribution < 1.29 is 9.53 Å². The highest BCUT2D eigenvalue weighted by Gasteiger charge is 2.07. The Bertz CT molecular complexity index is 791. The van der Waals surface area contributed by atoms with Gasteiger partial charge in [0, 0.05) is 18.1 Å². The molecule has 21 heavy (non-hydrogen) atoms. The second-order valence-electron chi connectivity index (χ2n) is 4.79. The fraction of sp³-hybridized carbons (Fsp3) is 0.125. The second kappa shape index (κ2) is 5.28. The van der Waals surface area contributed by atoms with Gasteiger partial charge in [0.1, 0.15) is 0 Å². The molecular formula is C16H15N3O2. The molecule has 5 nitrogen and oxygen atoms in total. The number of nitrogens with zero attached hydrogens (tertiary/aromatic N) is 2. The molecule has 106 valence electrons. The summed E-state index contributed by atoms with van der Waals surface area (Å²) in [6, 6.07) is 11.4. The van der Waals surface area contributed by atoms with E-state index in [4.69, 9.17) is 5.73 Å². The van der Waals surface area contributed by atoms with Crippen LogP contribution in [0.2, 0.25) is 0 Å². The van der Waals surface area contributed by atoms with Crippen molar-refractivity contribution in [3.05, 3.63) is 60.0 Å². The van der Waals surface area contributed by atoms with Crippen LogP contribution >= 0.6 is 0 Å². The number of hydrogen-bond acceptors (Lipinski definition) is 4. The Kier molecular flexibility index (Phi) is 3.31. The predicted molar refractivity (Wildman–Crippen MR) is 81.0 cm³/mol. The van der Waals surface area contributed by atoms with Crippen LogP contribution < -0.4 is 5.73 Å². The summed E-state index contributed by atoms with van der Waals surface area (Å²) in [5.74, 6) is -0.381. The zero-order valence-electron chi connectivity index (χ0n) is 11.6. The Morgan fingerprint density at radius 2 is 2.14 bits per heavy atom. The van der Waals surface area contributed by atoms with Gasteiger partial charge in [0.15, 0.2) is 0 Å². The lowest BCUT2D eigenvalue weighted by molar-refractivity contribution is 0.0600. The van der Waals surface area contributed by atoms with Crippen molar-refractivity contribution in [2.45, 2.75) is 6.54 Å². The first-order valence-corrected chi connectivity index (χ1v) is 6.55. The minimum absolute atomic E-state index is 0.381. The Hall–Kier alpha value is -2.82. The maximum absolute atomic E-state index is 11.4. The highest BCUT2D eigenvalue weighted by Crippen LogP contribution is 2.19. The summed E-state index contributed by atoms with van der Waals surface area (Å²) in [6.45, 7) is 0.619. The van der Waals surface area contributed by atoms with Crippen LogP contribution in [0.4, 0.5) is 5.69 Å². The molecule has 1 aromatic carbocycles. The first-order chi connectivity index (χ1) is 10.2. The molecule has 0 fully saturated rings. The van der Waals surface area contributed by atoms with Gasteiger partial charge >= 0.3 is 5.97 Å². The number of aromatic nitrogens is 2. The molecule has 0 unspecified atom stereocenters. The van der Waals surface area contributed by atoms with Gasteiger partial charge in [-0.25, -0.2) is 4.79 Å². The quantitative estimate of drug-likeness (QED) is 0.591. The highest BCUT2D eigenvalue weighted by molar-refractivity contribution is 5.88. The van der Waals surface area contributed by atoms with Gasteiger partial charge in [-0.2, -0.15) is 0 Å². The molecule has 3 rings (SSSR count). The molecule has 0 bridgehead atoms. The van der Waals surface area contributed by atoms with Gasteiger partial charge in [-0.1, -0.05) is 6.07 Å². The van der Waals surface area contributed by atoms with Crippen LogP contribution in [0, 0.1) is 0 Å². The Morgan fingerprint density at radius 1 is 1.29 bits per heavy atom. The van der Waals surface area contributed by atoms with E-state index in [0.29, 0.717) is 12.1 Å². The summed E-state index contributed by atoms with van der Waals surface area (Å²) in [4.78, 5) is 15.7. The standard InChI is InChI=1S/C16H15N3O2/c1-21-16(20)12-3-5-14(18-9-12)10-19-7-6-11-2-4-13(17)8-15(11)19/h2-9H,10,17H2,1H3. The number of nitrogens with two attached hydrogens (primary N) is 1. The van der Waals surface area contributed by atoms with Crippen molar-refractivity contribution in [3.8, 4) is 0 Å².